The van der Waals surface area contributed by atoms with Crippen LogP contribution in [0.25, 0.3) is 0 Å². The Morgan fingerprint density at radius 1 is 1.75 bits per heavy atom. The average Bonchev–Trinajstić information content (AvgIpc) is 0.918. The van der Waals surface area contributed by atoms with Crippen molar-refractivity contribution in [2.45, 2.75) is 0 Å². The average molecular weight is 61.9 g/mol. The predicted octanol–water partition coefficient (Wildman–Crippen LogP) is -0.131. The van der Waals surface area contributed by atoms with Gasteiger partial charge in [0.2, 0.25) is 0 Å². The molecule has 0 saturated heterocycles. The van der Waals surface area contributed by atoms with E-state index in [-0.39, 0.29) is 4.70 Å². The Balaban J connectivity index is 0. The SMILES string of the molecule is F.[B]OC. The van der Waals surface area contributed by atoms with E-state index in [0.717, 1.165) is 0 Å². The third kappa shape index (κ3) is 878. The molecule has 0 aromatic heterocycles. The highest BCUT2D eigenvalue weighted by Gasteiger charge is 1.30. The van der Waals surface area contributed by atoms with Gasteiger partial charge in [-0.1, -0.05) is 0 Å². The number of hydrogen-bond acceptors (Lipinski definition) is 1. The Hall–Kier alpha value is -0.0451. The number of rotatable bonds is 0. The lowest BCUT2D eigenvalue weighted by molar-refractivity contribution is 0.460. The highest BCUT2D eigenvalue weighted by molar-refractivity contribution is 5.97. The molecule has 1 nitrogen and oxygen atoms in total. The van der Waals surface area contributed by atoms with Gasteiger partial charge in [-0.25, -0.2) is 0 Å². The molecule has 0 aliphatic rings. The van der Waals surface area contributed by atoms with Gasteiger partial charge in [-0.05, 0) is 0 Å². The molecule has 2 radical (unpaired) electrons. The summed E-state index contributed by atoms with van der Waals surface area (Å²) in [6.07, 6.45) is 0. The summed E-state index contributed by atoms with van der Waals surface area (Å²) >= 11 is 0. The van der Waals surface area contributed by atoms with Crippen molar-refractivity contribution in [2.75, 3.05) is 7.11 Å². The van der Waals surface area contributed by atoms with Crippen molar-refractivity contribution in [3.63, 3.8) is 0 Å². The zero-order valence-corrected chi connectivity index (χ0v) is 2.39. The van der Waals surface area contributed by atoms with Gasteiger partial charge in [-0.2, -0.15) is 0 Å². The molecule has 0 N–H and O–H groups in total. The molecule has 24 valence electrons. The first-order valence-electron chi connectivity index (χ1n) is 0.644. The maximum Gasteiger partial charge on any atom is 0.282 e. The van der Waals surface area contributed by atoms with Crippen LogP contribution in [-0.4, -0.2) is 15.2 Å². The van der Waals surface area contributed by atoms with Crippen LogP contribution in [-0.2, 0) is 4.65 Å². The van der Waals surface area contributed by atoms with Crippen LogP contribution in [0.15, 0.2) is 0 Å². The molecule has 0 bridgehead atoms. The van der Waals surface area contributed by atoms with Crippen molar-refractivity contribution in [1.82, 2.24) is 0 Å². The third-order valence-electron chi connectivity index (χ3n) is 0. The first-order chi connectivity index (χ1) is 1.41. The molecule has 0 amide bonds. The van der Waals surface area contributed by atoms with Crippen molar-refractivity contribution in [2.24, 2.45) is 0 Å². The van der Waals surface area contributed by atoms with E-state index in [1.165, 1.54) is 7.11 Å². The summed E-state index contributed by atoms with van der Waals surface area (Å²) in [5.41, 5.74) is 0. The van der Waals surface area contributed by atoms with E-state index in [1.807, 2.05) is 0 Å². The van der Waals surface area contributed by atoms with Crippen LogP contribution >= 0.6 is 0 Å². The van der Waals surface area contributed by atoms with Crippen LogP contribution in [0.4, 0.5) is 4.70 Å². The second-order valence-corrected chi connectivity index (χ2v) is 0.236. The Morgan fingerprint density at radius 2 is 1.75 bits per heavy atom. The summed E-state index contributed by atoms with van der Waals surface area (Å²) < 4.78 is 3.75. The van der Waals surface area contributed by atoms with Gasteiger partial charge < -0.3 is 4.65 Å². The predicted molar refractivity (Wildman–Crippen MR) is 15.3 cm³/mol. The molecular formula is CH4BFO. The maximum absolute atomic E-state index is 4.35. The lowest BCUT2D eigenvalue weighted by Crippen LogP contribution is -1.60. The fourth-order valence-corrected chi connectivity index (χ4v) is 0. The minimum atomic E-state index is 0. The fraction of sp³-hybridized carbons (Fsp3) is 1.00. The van der Waals surface area contributed by atoms with E-state index in [9.17, 15) is 0 Å². The van der Waals surface area contributed by atoms with Crippen LogP contribution in [0.5, 0.6) is 0 Å². The molecule has 0 aliphatic carbocycles. The van der Waals surface area contributed by atoms with Gasteiger partial charge in [-0.15, -0.1) is 0 Å². The summed E-state index contributed by atoms with van der Waals surface area (Å²) in [5.74, 6) is 0. The summed E-state index contributed by atoms with van der Waals surface area (Å²) in [6.45, 7) is 0. The Labute approximate surface area is 25.8 Å². The normalized spacial score (nSPS) is 4.25. The first-order valence-corrected chi connectivity index (χ1v) is 0.644. The molecule has 0 atom stereocenters. The fourth-order valence-electron chi connectivity index (χ4n) is 0. The molecule has 3 heteroatoms. The highest BCUT2D eigenvalue weighted by Crippen LogP contribution is 1.24. The molecule has 0 unspecified atom stereocenters. The molecule has 0 spiro atoms. The smallest absolute Gasteiger partial charge is 0.282 e. The standard InChI is InChI=1S/CH3BO.FH/c1-3-2;/h1H3;1H. The molecule has 0 aliphatic heterocycles. The van der Waals surface area contributed by atoms with Crippen LogP contribution in [0.2, 0.25) is 0 Å². The summed E-state index contributed by atoms with van der Waals surface area (Å²) in [6, 6.07) is 0. The Bertz CT molecular complexity index is 8.00. The minimum Gasteiger partial charge on any atom is -0.450 e. The highest BCUT2D eigenvalue weighted by atomic mass is 19.0. The van der Waals surface area contributed by atoms with Crippen molar-refractivity contribution in [3.05, 3.63) is 0 Å². The zero-order chi connectivity index (χ0) is 2.71. The summed E-state index contributed by atoms with van der Waals surface area (Å²) in [5, 5.41) is 0. The minimum absolute atomic E-state index is 0. The lowest BCUT2D eigenvalue weighted by Gasteiger charge is -1.60. The second kappa shape index (κ2) is 12.4. The van der Waals surface area contributed by atoms with Gasteiger partial charge in [0.15, 0.2) is 0 Å². The van der Waals surface area contributed by atoms with Gasteiger partial charge in [0.25, 0.3) is 8.05 Å². The monoisotopic (exact) mass is 62.0 g/mol. The molecule has 4 heavy (non-hydrogen) atoms. The lowest BCUT2D eigenvalue weighted by atomic mass is 10.6. The van der Waals surface area contributed by atoms with Crippen LogP contribution < -0.4 is 0 Å². The summed E-state index contributed by atoms with van der Waals surface area (Å²) in [4.78, 5) is 0. The molecule has 0 fully saturated rings. The van der Waals surface area contributed by atoms with Gasteiger partial charge in [-0.3, -0.25) is 4.70 Å². The molecule has 0 aromatic carbocycles. The molecule has 0 saturated carbocycles. The van der Waals surface area contributed by atoms with Gasteiger partial charge >= 0.3 is 0 Å². The van der Waals surface area contributed by atoms with E-state index in [0.29, 0.717) is 0 Å². The quantitative estimate of drug-likeness (QED) is 0.355. The van der Waals surface area contributed by atoms with E-state index < -0.39 is 0 Å². The van der Waals surface area contributed by atoms with Crippen molar-refractivity contribution >= 4 is 8.05 Å². The molecule has 0 heterocycles. The van der Waals surface area contributed by atoms with Crippen molar-refractivity contribution < 1.29 is 9.36 Å². The topological polar surface area (TPSA) is 9.23 Å². The van der Waals surface area contributed by atoms with Crippen LogP contribution in [0, 0.1) is 0 Å². The van der Waals surface area contributed by atoms with E-state index in [2.05, 4.69) is 12.7 Å². The third-order valence-corrected chi connectivity index (χ3v) is 0. The van der Waals surface area contributed by atoms with Crippen molar-refractivity contribution in [1.29, 1.82) is 0 Å². The Kier molecular flexibility index (Phi) is 28.0. The first kappa shape index (κ1) is 9.04. The number of halogens is 1. The van der Waals surface area contributed by atoms with Gasteiger partial charge in [0, 0.05) is 7.11 Å². The van der Waals surface area contributed by atoms with E-state index in [1.54, 1.807) is 0 Å². The van der Waals surface area contributed by atoms with Gasteiger partial charge in [0.05, 0.1) is 0 Å². The van der Waals surface area contributed by atoms with Crippen LogP contribution in [0.1, 0.15) is 0 Å². The molecule has 0 aromatic rings. The molecular weight excluding hydrogens is 57.8 g/mol. The van der Waals surface area contributed by atoms with Crippen LogP contribution in [0.3, 0.4) is 0 Å². The Morgan fingerprint density at radius 3 is 1.75 bits per heavy atom. The largest absolute Gasteiger partial charge is 0.450 e. The van der Waals surface area contributed by atoms with E-state index in [4.69, 9.17) is 0 Å². The maximum atomic E-state index is 4.35. The van der Waals surface area contributed by atoms with E-state index >= 15 is 0 Å². The second-order valence-electron chi connectivity index (χ2n) is 0.236. The number of hydrogen-bond donors (Lipinski definition) is 0. The zero-order valence-electron chi connectivity index (χ0n) is 2.39. The van der Waals surface area contributed by atoms with Crippen molar-refractivity contribution in [3.8, 4) is 0 Å². The summed E-state index contributed by atoms with van der Waals surface area (Å²) in [7, 11) is 5.75. The van der Waals surface area contributed by atoms with Gasteiger partial charge in [0.1, 0.15) is 0 Å². The molecule has 0 rings (SSSR count).